The minimum atomic E-state index is -0.611. The molecule has 1 saturated carbocycles. The van der Waals surface area contributed by atoms with Crippen LogP contribution in [0.25, 0.3) is 0 Å². The molecule has 1 saturated heterocycles. The predicted molar refractivity (Wildman–Crippen MR) is 95.8 cm³/mol. The van der Waals surface area contributed by atoms with E-state index >= 15 is 0 Å². The molecule has 0 N–H and O–H groups in total. The first-order valence-electron chi connectivity index (χ1n) is 9.21. The van der Waals surface area contributed by atoms with Crippen molar-refractivity contribution in [2.45, 2.75) is 43.7 Å². The Morgan fingerprint density at radius 2 is 2.04 bits per heavy atom. The zero-order valence-corrected chi connectivity index (χ0v) is 15.0. The number of amides is 1. The molecule has 25 heavy (non-hydrogen) atoms. The number of carbonyl (C=O) groups is 1. The summed E-state index contributed by atoms with van der Waals surface area (Å²) < 4.78 is 5.87. The van der Waals surface area contributed by atoms with E-state index in [1.54, 1.807) is 11.9 Å². The molecule has 0 aromatic heterocycles. The highest BCUT2D eigenvalue weighted by Crippen LogP contribution is 2.32. The third-order valence-electron chi connectivity index (χ3n) is 5.59. The SMILES string of the molecule is CN(C(=O)CN1CCOC(c2ccccc2)C1)C1(C#N)CCCCC1. The summed E-state index contributed by atoms with van der Waals surface area (Å²) in [6.07, 6.45) is 4.81. The smallest absolute Gasteiger partial charge is 0.237 e. The lowest BCUT2D eigenvalue weighted by molar-refractivity contribution is -0.138. The van der Waals surface area contributed by atoms with E-state index in [-0.39, 0.29) is 12.0 Å². The summed E-state index contributed by atoms with van der Waals surface area (Å²) in [6.45, 7) is 2.44. The molecule has 0 radical (unpaired) electrons. The molecule has 0 bridgehead atoms. The van der Waals surface area contributed by atoms with Crippen molar-refractivity contribution in [3.8, 4) is 6.07 Å². The fraction of sp³-hybridized carbons (Fsp3) is 0.600. The highest BCUT2D eigenvalue weighted by molar-refractivity contribution is 5.79. The standard InChI is InChI=1S/C20H27N3O2/c1-22(20(16-21)10-6-3-7-11-20)19(24)15-23-12-13-25-18(14-23)17-8-4-2-5-9-17/h2,4-5,8-9,18H,3,6-7,10-15H2,1H3. The molecule has 2 aliphatic rings. The second-order valence-electron chi connectivity index (χ2n) is 7.16. The number of carbonyl (C=O) groups excluding carboxylic acids is 1. The molecule has 134 valence electrons. The molecule has 1 atom stereocenters. The number of likely N-dealkylation sites (N-methyl/N-ethyl adjacent to an activating group) is 1. The number of hydrogen-bond acceptors (Lipinski definition) is 4. The van der Waals surface area contributed by atoms with Crippen LogP contribution < -0.4 is 0 Å². The Morgan fingerprint density at radius 1 is 1.32 bits per heavy atom. The van der Waals surface area contributed by atoms with Crippen LogP contribution in [0.4, 0.5) is 0 Å². The van der Waals surface area contributed by atoms with Gasteiger partial charge in [0.2, 0.25) is 5.91 Å². The van der Waals surface area contributed by atoms with Crippen LogP contribution in [0, 0.1) is 11.3 Å². The van der Waals surface area contributed by atoms with E-state index < -0.39 is 5.54 Å². The number of benzene rings is 1. The molecule has 5 nitrogen and oxygen atoms in total. The Balaban J connectivity index is 1.61. The van der Waals surface area contributed by atoms with E-state index in [0.29, 0.717) is 19.7 Å². The minimum Gasteiger partial charge on any atom is -0.371 e. The highest BCUT2D eigenvalue weighted by atomic mass is 16.5. The zero-order valence-electron chi connectivity index (χ0n) is 15.0. The summed E-state index contributed by atoms with van der Waals surface area (Å²) in [6, 6.07) is 12.6. The van der Waals surface area contributed by atoms with Crippen LogP contribution in [-0.2, 0) is 9.53 Å². The molecule has 2 fully saturated rings. The lowest BCUT2D eigenvalue weighted by atomic mass is 9.81. The maximum atomic E-state index is 12.8. The number of hydrogen-bond donors (Lipinski definition) is 0. The van der Waals surface area contributed by atoms with Crippen LogP contribution in [0.1, 0.15) is 43.8 Å². The number of nitriles is 1. The summed E-state index contributed by atoms with van der Waals surface area (Å²) >= 11 is 0. The molecule has 0 spiro atoms. The summed E-state index contributed by atoms with van der Waals surface area (Å²) in [5, 5.41) is 9.68. The Morgan fingerprint density at radius 3 is 2.72 bits per heavy atom. The van der Waals surface area contributed by atoms with Gasteiger partial charge in [0.1, 0.15) is 5.54 Å². The van der Waals surface area contributed by atoms with E-state index in [9.17, 15) is 10.1 Å². The van der Waals surface area contributed by atoms with Crippen LogP contribution in [0.15, 0.2) is 30.3 Å². The highest BCUT2D eigenvalue weighted by Gasteiger charge is 2.39. The van der Waals surface area contributed by atoms with Crippen LogP contribution >= 0.6 is 0 Å². The number of rotatable bonds is 4. The van der Waals surface area contributed by atoms with Crippen LogP contribution in [0.5, 0.6) is 0 Å². The fourth-order valence-corrected chi connectivity index (χ4v) is 3.91. The third-order valence-corrected chi connectivity index (χ3v) is 5.59. The lowest BCUT2D eigenvalue weighted by Gasteiger charge is -2.40. The molecule has 1 heterocycles. The average molecular weight is 341 g/mol. The van der Waals surface area contributed by atoms with Gasteiger partial charge in [0.25, 0.3) is 0 Å². The monoisotopic (exact) mass is 341 g/mol. The summed E-state index contributed by atoms with van der Waals surface area (Å²) in [5.74, 6) is 0.0390. The normalized spacial score (nSPS) is 23.6. The van der Waals surface area contributed by atoms with Gasteiger partial charge in [-0.05, 0) is 18.4 Å². The molecular formula is C20H27N3O2. The number of morpholine rings is 1. The van der Waals surface area contributed by atoms with Crippen LogP contribution in [0.2, 0.25) is 0 Å². The van der Waals surface area contributed by atoms with Crippen molar-refractivity contribution in [3.05, 3.63) is 35.9 Å². The first kappa shape index (κ1) is 17.9. The maximum absolute atomic E-state index is 12.8. The lowest BCUT2D eigenvalue weighted by Crippen LogP contribution is -2.53. The van der Waals surface area contributed by atoms with Crippen LogP contribution in [0.3, 0.4) is 0 Å². The molecule has 3 rings (SSSR count). The van der Waals surface area contributed by atoms with Crippen molar-refractivity contribution in [2.24, 2.45) is 0 Å². The topological polar surface area (TPSA) is 56.6 Å². The number of nitrogens with zero attached hydrogens (tertiary/aromatic N) is 3. The number of ether oxygens (including phenoxy) is 1. The van der Waals surface area contributed by atoms with Gasteiger partial charge in [0, 0.05) is 20.1 Å². The van der Waals surface area contributed by atoms with Crippen molar-refractivity contribution in [1.29, 1.82) is 5.26 Å². The largest absolute Gasteiger partial charge is 0.371 e. The van der Waals surface area contributed by atoms with Gasteiger partial charge >= 0.3 is 0 Å². The van der Waals surface area contributed by atoms with Crippen molar-refractivity contribution in [3.63, 3.8) is 0 Å². The van der Waals surface area contributed by atoms with Crippen LogP contribution in [-0.4, -0.2) is 54.5 Å². The molecule has 1 amide bonds. The summed E-state index contributed by atoms with van der Waals surface area (Å²) in [5.41, 5.74) is 0.536. The van der Waals surface area contributed by atoms with Gasteiger partial charge in [-0.3, -0.25) is 9.69 Å². The van der Waals surface area contributed by atoms with E-state index in [4.69, 9.17) is 4.74 Å². The molecule has 1 aliphatic heterocycles. The Hall–Kier alpha value is -1.90. The molecular weight excluding hydrogens is 314 g/mol. The summed E-state index contributed by atoms with van der Waals surface area (Å²) in [4.78, 5) is 16.7. The predicted octanol–water partition coefficient (Wildman–Crippen LogP) is 2.74. The van der Waals surface area contributed by atoms with Crippen molar-refractivity contribution < 1.29 is 9.53 Å². The molecule has 1 aliphatic carbocycles. The van der Waals surface area contributed by atoms with E-state index in [1.165, 1.54) is 0 Å². The molecule has 1 aromatic rings. The van der Waals surface area contributed by atoms with Crippen molar-refractivity contribution in [2.75, 3.05) is 33.3 Å². The first-order chi connectivity index (χ1) is 12.1. The van der Waals surface area contributed by atoms with Crippen molar-refractivity contribution in [1.82, 2.24) is 9.80 Å². The molecule has 1 aromatic carbocycles. The Labute approximate surface area is 150 Å². The van der Waals surface area contributed by atoms with Gasteiger partial charge in [0.05, 0.1) is 25.3 Å². The molecule has 1 unspecified atom stereocenters. The first-order valence-corrected chi connectivity index (χ1v) is 9.21. The van der Waals surface area contributed by atoms with E-state index in [2.05, 4.69) is 23.1 Å². The third kappa shape index (κ3) is 4.02. The van der Waals surface area contributed by atoms with Gasteiger partial charge in [-0.2, -0.15) is 5.26 Å². The second kappa shape index (κ2) is 7.99. The Bertz CT molecular complexity index is 620. The zero-order chi connectivity index (χ0) is 17.7. The van der Waals surface area contributed by atoms with Gasteiger partial charge in [-0.25, -0.2) is 0 Å². The van der Waals surface area contributed by atoms with E-state index in [1.807, 2.05) is 18.2 Å². The van der Waals surface area contributed by atoms with Crippen molar-refractivity contribution >= 4 is 5.91 Å². The van der Waals surface area contributed by atoms with Gasteiger partial charge in [-0.1, -0.05) is 49.6 Å². The Kier molecular flexibility index (Phi) is 5.72. The van der Waals surface area contributed by atoms with Gasteiger partial charge in [0.15, 0.2) is 0 Å². The summed E-state index contributed by atoms with van der Waals surface area (Å²) in [7, 11) is 1.80. The minimum absolute atomic E-state index is 0.00710. The average Bonchev–Trinajstić information content (AvgIpc) is 2.68. The van der Waals surface area contributed by atoms with Gasteiger partial charge < -0.3 is 9.64 Å². The second-order valence-corrected chi connectivity index (χ2v) is 7.16. The molecule has 5 heteroatoms. The van der Waals surface area contributed by atoms with E-state index in [0.717, 1.165) is 44.2 Å². The maximum Gasteiger partial charge on any atom is 0.237 e. The fourth-order valence-electron chi connectivity index (χ4n) is 3.91. The quantitative estimate of drug-likeness (QED) is 0.845. The van der Waals surface area contributed by atoms with Gasteiger partial charge in [-0.15, -0.1) is 0 Å².